The largest absolute Gasteiger partial charge is 0.497 e. The fourth-order valence-corrected chi connectivity index (χ4v) is 6.64. The number of carboxylic acid groups (broad SMARTS) is 2. The molecule has 1 aliphatic rings. The highest BCUT2D eigenvalue weighted by molar-refractivity contribution is 5.94. The predicted octanol–water partition coefficient (Wildman–Crippen LogP) is -0.474. The smallest absolute Gasteiger partial charge is 0.404 e. The van der Waals surface area contributed by atoms with E-state index in [1.807, 2.05) is 24.3 Å². The fraction of sp³-hybridized carbons (Fsp3) is 0.615. The number of ether oxygens (including phenoxy) is 4. The van der Waals surface area contributed by atoms with E-state index in [1.165, 1.54) is 0 Å². The Kier molecular flexibility index (Phi) is 19.1. The van der Waals surface area contributed by atoms with Crippen molar-refractivity contribution < 1.29 is 68.1 Å². The maximum absolute atomic E-state index is 14.5. The zero-order valence-electron chi connectivity index (χ0n) is 34.7. The van der Waals surface area contributed by atoms with Crippen molar-refractivity contribution in [2.45, 2.75) is 134 Å². The summed E-state index contributed by atoms with van der Waals surface area (Å²) < 4.78 is 21.3. The van der Waals surface area contributed by atoms with E-state index in [9.17, 15) is 54.0 Å². The van der Waals surface area contributed by atoms with Crippen LogP contribution in [0.4, 0.5) is 4.79 Å². The number of carbonyl (C=O) groups excluding carboxylic acids is 4. The number of aromatic nitrogens is 2. The first-order valence-corrected chi connectivity index (χ1v) is 20.0. The Balaban J connectivity index is 1.96. The molecule has 1 aromatic heterocycles. The Morgan fingerprint density at radius 3 is 2.03 bits per heavy atom. The van der Waals surface area contributed by atoms with Gasteiger partial charge in [0, 0.05) is 18.7 Å². The van der Waals surface area contributed by atoms with Crippen LogP contribution in [0.1, 0.15) is 83.6 Å². The molecule has 3 rings (SSSR count). The minimum Gasteiger partial charge on any atom is -0.497 e. The van der Waals surface area contributed by atoms with Crippen molar-refractivity contribution in [1.29, 1.82) is 0 Å². The number of nitrogens with two attached hydrogens (primary N) is 2. The topological polar surface area (TPSA) is 357 Å². The SMILES string of the molecule is CC[C@H](C)[C@H](NC(=O)[C@@H](NC(=O)[C@H](NC(=O)CCCCC(N)Cc1ccc(OC)cc1)[C@@H](O[C@@H]1O[C@@H](C(=O)O)[C@@H](OC(N)=O)[C@H](O)[C@H]1O)c1c[nH]c(=O)[nH]1)[C@@H](C)CC)C(=O)O. The highest BCUT2D eigenvalue weighted by atomic mass is 16.7. The zero-order valence-corrected chi connectivity index (χ0v) is 34.7. The number of aliphatic hydroxyl groups is 2. The van der Waals surface area contributed by atoms with Crippen molar-refractivity contribution in [2.24, 2.45) is 23.3 Å². The van der Waals surface area contributed by atoms with Crippen LogP contribution in [0.15, 0.2) is 35.3 Å². The molecule has 0 spiro atoms. The number of hydrogen-bond acceptors (Lipinski definition) is 14. The number of aliphatic hydroxyl groups excluding tert-OH is 2. The minimum atomic E-state index is -2.18. The lowest BCUT2D eigenvalue weighted by molar-refractivity contribution is -0.306. The summed E-state index contributed by atoms with van der Waals surface area (Å²) in [6.07, 6.45) is -10.5. The van der Waals surface area contributed by atoms with Gasteiger partial charge in [-0.1, -0.05) is 59.1 Å². The molecule has 1 aliphatic heterocycles. The van der Waals surface area contributed by atoms with E-state index < -0.39 is 108 Å². The molecule has 61 heavy (non-hydrogen) atoms. The summed E-state index contributed by atoms with van der Waals surface area (Å²) in [6.45, 7) is 6.72. The molecule has 0 radical (unpaired) electrons. The van der Waals surface area contributed by atoms with Crippen LogP contribution in [0, 0.1) is 11.8 Å². The molecule has 22 nitrogen and oxygen atoms in total. The van der Waals surface area contributed by atoms with Crippen LogP contribution in [-0.2, 0) is 44.6 Å². The van der Waals surface area contributed by atoms with Gasteiger partial charge in [-0.25, -0.2) is 19.2 Å². The van der Waals surface area contributed by atoms with Gasteiger partial charge in [-0.2, -0.15) is 0 Å². The highest BCUT2D eigenvalue weighted by Gasteiger charge is 2.52. The van der Waals surface area contributed by atoms with E-state index >= 15 is 0 Å². The van der Waals surface area contributed by atoms with Crippen molar-refractivity contribution in [3.8, 4) is 5.75 Å². The van der Waals surface area contributed by atoms with Crippen LogP contribution >= 0.6 is 0 Å². The molecule has 22 heteroatoms. The Bertz CT molecular complexity index is 1840. The van der Waals surface area contributed by atoms with E-state index in [2.05, 4.69) is 25.9 Å². The molecule has 1 saturated heterocycles. The van der Waals surface area contributed by atoms with Crippen LogP contribution in [0.2, 0.25) is 0 Å². The second-order valence-electron chi connectivity index (χ2n) is 15.1. The number of unbranched alkanes of at least 4 members (excludes halogenated alkanes) is 1. The quantitative estimate of drug-likeness (QED) is 0.0594. The molecule has 0 bridgehead atoms. The number of H-pyrrole nitrogens is 2. The predicted molar refractivity (Wildman–Crippen MR) is 213 cm³/mol. The van der Waals surface area contributed by atoms with Gasteiger partial charge in [0.25, 0.3) is 0 Å². The second-order valence-corrected chi connectivity index (χ2v) is 15.1. The number of rotatable bonds is 24. The second kappa shape index (κ2) is 23.4. The van der Waals surface area contributed by atoms with Gasteiger partial charge in [-0.3, -0.25) is 14.4 Å². The number of imidazole rings is 1. The fourth-order valence-electron chi connectivity index (χ4n) is 6.64. The molecule has 2 aromatic rings. The van der Waals surface area contributed by atoms with Gasteiger partial charge < -0.3 is 76.8 Å². The van der Waals surface area contributed by atoms with Crippen molar-refractivity contribution in [2.75, 3.05) is 7.11 Å². The number of aromatic amines is 2. The number of primary amides is 1. The summed E-state index contributed by atoms with van der Waals surface area (Å²) in [4.78, 5) is 94.7. The molecule has 2 heterocycles. The van der Waals surface area contributed by atoms with Crippen molar-refractivity contribution in [1.82, 2.24) is 25.9 Å². The molecular weight excluding hydrogens is 806 g/mol. The van der Waals surface area contributed by atoms with Crippen LogP contribution in [0.25, 0.3) is 0 Å². The Hall–Kier alpha value is -5.55. The molecule has 0 aliphatic carbocycles. The summed E-state index contributed by atoms with van der Waals surface area (Å²) >= 11 is 0. The van der Waals surface area contributed by atoms with Gasteiger partial charge in [0.2, 0.25) is 17.7 Å². The standard InChI is InChI=1S/C39H59N7O15/c1-6-18(3)25(33(50)46-26(35(52)53)19(4)7-2)45-34(51)27(44-24(47)11-9-8-10-21(40)16-20-12-14-22(58-5)15-13-20)30(23-17-42-39(57)43-23)59-37-29(49)28(48)31(61-38(41)56)32(60-37)36(54)55/h12-15,17-19,21,25-32,37,48-49H,6-11,16,40H2,1-5H3,(H2,41,56)(H,44,47)(H,45,51)(H,46,50)(H,52,53)(H,54,55)(H2,42,43,57)/t18-,19-,21?,25-,26-,27+,28+,29+,30-,31-,32+,37+/m0/s1. The van der Waals surface area contributed by atoms with Crippen LogP contribution in [0.3, 0.4) is 0 Å². The first kappa shape index (κ1) is 49.8. The molecule has 12 atom stereocenters. The minimum absolute atomic E-state index is 0.158. The number of carboxylic acids is 2. The summed E-state index contributed by atoms with van der Waals surface area (Å²) in [5, 5.41) is 49.2. The lowest BCUT2D eigenvalue weighted by Gasteiger charge is -2.41. The Morgan fingerprint density at radius 1 is 0.885 bits per heavy atom. The first-order valence-electron chi connectivity index (χ1n) is 20.0. The number of benzene rings is 1. The van der Waals surface area contributed by atoms with Crippen LogP contribution in [-0.4, -0.2) is 128 Å². The molecule has 340 valence electrons. The maximum atomic E-state index is 14.5. The van der Waals surface area contributed by atoms with Gasteiger partial charge in [0.1, 0.15) is 42.2 Å². The van der Waals surface area contributed by atoms with E-state index in [4.69, 9.17) is 30.4 Å². The third-order valence-corrected chi connectivity index (χ3v) is 10.6. The number of methoxy groups -OCH3 is 1. The molecule has 1 aromatic carbocycles. The van der Waals surface area contributed by atoms with E-state index in [-0.39, 0.29) is 18.2 Å². The number of amides is 4. The molecule has 13 N–H and O–H groups in total. The molecule has 1 fully saturated rings. The first-order chi connectivity index (χ1) is 28.8. The van der Waals surface area contributed by atoms with Gasteiger partial charge in [0.15, 0.2) is 18.5 Å². The summed E-state index contributed by atoms with van der Waals surface area (Å²) in [5.74, 6) is -6.14. The maximum Gasteiger partial charge on any atom is 0.404 e. The van der Waals surface area contributed by atoms with Gasteiger partial charge >= 0.3 is 23.7 Å². The molecule has 4 amide bonds. The number of carbonyl (C=O) groups is 6. The third-order valence-electron chi connectivity index (χ3n) is 10.6. The van der Waals surface area contributed by atoms with Gasteiger partial charge in [-0.05, 0) is 48.8 Å². The lowest BCUT2D eigenvalue weighted by Crippen LogP contribution is -2.63. The van der Waals surface area contributed by atoms with E-state index in [0.29, 0.717) is 44.3 Å². The van der Waals surface area contributed by atoms with E-state index in [0.717, 1.165) is 11.8 Å². The Labute approximate surface area is 351 Å². The van der Waals surface area contributed by atoms with Crippen LogP contribution < -0.4 is 37.8 Å². The summed E-state index contributed by atoms with van der Waals surface area (Å²) in [6, 6.07) is 2.58. The Morgan fingerprint density at radius 2 is 1.49 bits per heavy atom. The zero-order chi connectivity index (χ0) is 45.6. The average molecular weight is 866 g/mol. The van der Waals surface area contributed by atoms with Crippen molar-refractivity contribution in [3.05, 3.63) is 52.2 Å². The van der Waals surface area contributed by atoms with E-state index in [1.54, 1.807) is 34.8 Å². The number of aliphatic carboxylic acids is 2. The van der Waals surface area contributed by atoms with Gasteiger partial charge in [0.05, 0.1) is 12.8 Å². The summed E-state index contributed by atoms with van der Waals surface area (Å²) in [7, 11) is 1.56. The van der Waals surface area contributed by atoms with Gasteiger partial charge in [-0.15, -0.1) is 0 Å². The summed E-state index contributed by atoms with van der Waals surface area (Å²) in [5.41, 5.74) is 11.3. The van der Waals surface area contributed by atoms with Crippen molar-refractivity contribution in [3.63, 3.8) is 0 Å². The number of hydrogen-bond donors (Lipinski definition) is 11. The highest BCUT2D eigenvalue weighted by Crippen LogP contribution is 2.31. The third kappa shape index (κ3) is 14.3. The molecule has 1 unspecified atom stereocenters. The lowest BCUT2D eigenvalue weighted by atomic mass is 9.94. The van der Waals surface area contributed by atoms with Crippen molar-refractivity contribution >= 4 is 35.8 Å². The molecule has 0 saturated carbocycles. The van der Waals surface area contributed by atoms with Crippen LogP contribution in [0.5, 0.6) is 5.75 Å². The molecular formula is C39H59N7O15. The number of nitrogens with one attached hydrogen (secondary N) is 5. The monoisotopic (exact) mass is 865 g/mol. The average Bonchev–Trinajstić information content (AvgIpc) is 3.65. The normalized spacial score (nSPS) is 22.3.